The van der Waals surface area contributed by atoms with Crippen LogP contribution >= 0.6 is 24.0 Å². The van der Waals surface area contributed by atoms with Gasteiger partial charge in [-0.05, 0) is 36.1 Å². The summed E-state index contributed by atoms with van der Waals surface area (Å²) >= 11 is 6.38. The lowest BCUT2D eigenvalue weighted by molar-refractivity contribution is -0.146. The molecule has 0 bridgehead atoms. The summed E-state index contributed by atoms with van der Waals surface area (Å²) in [5, 5.41) is 9.49. The van der Waals surface area contributed by atoms with E-state index in [-0.39, 0.29) is 10.2 Å². The largest absolute Gasteiger partial charge is 0.493 e. The minimum absolute atomic E-state index is 0.254. The summed E-state index contributed by atoms with van der Waals surface area (Å²) in [4.78, 5) is 26.0. The zero-order valence-electron chi connectivity index (χ0n) is 16.4. The van der Waals surface area contributed by atoms with Crippen molar-refractivity contribution >= 4 is 46.3 Å². The Balaban J connectivity index is 2.27. The number of hydrogen-bond acceptors (Lipinski definition) is 6. The summed E-state index contributed by atoms with van der Waals surface area (Å²) in [7, 11) is 1.56. The third-order valence-electron chi connectivity index (χ3n) is 4.23. The topological polar surface area (TPSA) is 76.1 Å². The van der Waals surface area contributed by atoms with Crippen LogP contribution < -0.4 is 9.47 Å². The van der Waals surface area contributed by atoms with Crippen LogP contribution in [0.2, 0.25) is 0 Å². The number of benzene rings is 1. The van der Waals surface area contributed by atoms with Crippen LogP contribution in [0.25, 0.3) is 6.08 Å². The van der Waals surface area contributed by atoms with Crippen molar-refractivity contribution in [3.63, 3.8) is 0 Å². The Bertz CT molecular complexity index is 791. The molecule has 0 unspecified atom stereocenters. The maximum absolute atomic E-state index is 12.8. The summed E-state index contributed by atoms with van der Waals surface area (Å²) < 4.78 is 11.4. The van der Waals surface area contributed by atoms with Crippen molar-refractivity contribution in [2.75, 3.05) is 13.7 Å². The van der Waals surface area contributed by atoms with E-state index in [4.69, 9.17) is 21.7 Å². The number of unbranched alkanes of at least 4 members (excludes halogenated alkanes) is 1. The fourth-order valence-electron chi connectivity index (χ4n) is 2.78. The summed E-state index contributed by atoms with van der Waals surface area (Å²) in [6.07, 6.45) is 3.68. The van der Waals surface area contributed by atoms with Gasteiger partial charge in [-0.2, -0.15) is 0 Å². The minimum Gasteiger partial charge on any atom is -0.493 e. The van der Waals surface area contributed by atoms with Crippen LogP contribution in [0.3, 0.4) is 0 Å². The number of amides is 1. The van der Waals surface area contributed by atoms with Gasteiger partial charge in [0, 0.05) is 0 Å². The minimum atomic E-state index is -1.07. The van der Waals surface area contributed by atoms with Gasteiger partial charge in [0.05, 0.1) is 18.6 Å². The SMILES string of the molecule is CCCCOc1ccc(/C=C2/SC(=S)N([C@H](C(=O)O)C(C)C)C2=O)cc1OC. The first-order valence-corrected chi connectivity index (χ1v) is 10.3. The van der Waals surface area contributed by atoms with E-state index >= 15 is 0 Å². The number of hydrogen-bond donors (Lipinski definition) is 1. The van der Waals surface area contributed by atoms with Crippen LogP contribution in [-0.4, -0.2) is 46.0 Å². The number of rotatable bonds is 9. The normalized spacial score (nSPS) is 16.8. The molecule has 1 N–H and O–H groups in total. The second kappa shape index (κ2) is 9.93. The number of thioether (sulfide) groups is 1. The Kier molecular flexibility index (Phi) is 7.88. The van der Waals surface area contributed by atoms with Crippen LogP contribution in [0.1, 0.15) is 39.2 Å². The molecular weight excluding hydrogens is 398 g/mol. The Morgan fingerprint density at radius 2 is 2.07 bits per heavy atom. The van der Waals surface area contributed by atoms with Gasteiger partial charge in [0.1, 0.15) is 10.4 Å². The molecule has 1 aliphatic heterocycles. The zero-order valence-corrected chi connectivity index (χ0v) is 18.1. The molecule has 1 heterocycles. The number of thiocarbonyl (C=S) groups is 1. The molecule has 1 aliphatic rings. The molecule has 1 atom stereocenters. The molecule has 1 aromatic carbocycles. The van der Waals surface area contributed by atoms with E-state index in [1.165, 1.54) is 4.90 Å². The number of carbonyl (C=O) groups excluding carboxylic acids is 1. The van der Waals surface area contributed by atoms with Crippen molar-refractivity contribution in [1.29, 1.82) is 0 Å². The fraction of sp³-hybridized carbons (Fsp3) is 0.450. The molecule has 152 valence electrons. The molecule has 0 saturated carbocycles. The van der Waals surface area contributed by atoms with E-state index in [0.717, 1.165) is 30.2 Å². The van der Waals surface area contributed by atoms with Crippen molar-refractivity contribution in [3.05, 3.63) is 28.7 Å². The molecule has 1 fully saturated rings. The van der Waals surface area contributed by atoms with Crippen LogP contribution in [0, 0.1) is 5.92 Å². The predicted molar refractivity (Wildman–Crippen MR) is 115 cm³/mol. The molecule has 8 heteroatoms. The van der Waals surface area contributed by atoms with Crippen molar-refractivity contribution < 1.29 is 24.2 Å². The van der Waals surface area contributed by atoms with Crippen LogP contribution in [0.15, 0.2) is 23.1 Å². The van der Waals surface area contributed by atoms with E-state index in [1.807, 2.05) is 6.07 Å². The second-order valence-corrected chi connectivity index (χ2v) is 8.37. The van der Waals surface area contributed by atoms with Gasteiger partial charge in [0.15, 0.2) is 11.5 Å². The van der Waals surface area contributed by atoms with Crippen molar-refractivity contribution in [2.45, 2.75) is 39.7 Å². The summed E-state index contributed by atoms with van der Waals surface area (Å²) in [6.45, 7) is 6.21. The van der Waals surface area contributed by atoms with Gasteiger partial charge in [0.2, 0.25) is 0 Å². The van der Waals surface area contributed by atoms with E-state index in [0.29, 0.717) is 23.0 Å². The fourth-order valence-corrected chi connectivity index (χ4v) is 4.11. The first-order valence-electron chi connectivity index (χ1n) is 9.10. The number of ether oxygens (including phenoxy) is 2. The van der Waals surface area contributed by atoms with Gasteiger partial charge in [-0.3, -0.25) is 9.69 Å². The van der Waals surface area contributed by atoms with Crippen LogP contribution in [-0.2, 0) is 9.59 Å². The summed E-state index contributed by atoms with van der Waals surface area (Å²) in [5.41, 5.74) is 0.747. The molecule has 2 rings (SSSR count). The third-order valence-corrected chi connectivity index (χ3v) is 5.56. The Hall–Kier alpha value is -2.06. The first kappa shape index (κ1) is 22.2. The zero-order chi connectivity index (χ0) is 20.8. The molecule has 0 spiro atoms. The third kappa shape index (κ3) is 5.05. The van der Waals surface area contributed by atoms with E-state index in [9.17, 15) is 14.7 Å². The molecule has 1 aromatic rings. The second-order valence-electron chi connectivity index (χ2n) is 6.69. The number of nitrogens with zero attached hydrogens (tertiary/aromatic N) is 1. The molecule has 0 aliphatic carbocycles. The summed E-state index contributed by atoms with van der Waals surface area (Å²) in [5.74, 6) is -0.502. The highest BCUT2D eigenvalue weighted by molar-refractivity contribution is 8.26. The standard InChI is InChI=1S/C20H25NO5S2/c1-5-6-9-26-14-8-7-13(10-15(14)25-4)11-16-18(22)21(20(27)28-16)17(12(2)3)19(23)24/h7-8,10-12,17H,5-6,9H2,1-4H3,(H,23,24)/b16-11+/t17-/m0/s1. The Morgan fingerprint density at radius 1 is 1.36 bits per heavy atom. The van der Waals surface area contributed by atoms with Gasteiger partial charge < -0.3 is 14.6 Å². The van der Waals surface area contributed by atoms with E-state index in [2.05, 4.69) is 6.92 Å². The number of methoxy groups -OCH3 is 1. The molecular formula is C20H25NO5S2. The molecule has 0 aromatic heterocycles. The number of carbonyl (C=O) groups is 2. The Labute approximate surface area is 174 Å². The summed E-state index contributed by atoms with van der Waals surface area (Å²) in [6, 6.07) is 4.43. The predicted octanol–water partition coefficient (Wildman–Crippen LogP) is 4.18. The van der Waals surface area contributed by atoms with E-state index in [1.54, 1.807) is 39.2 Å². The quantitative estimate of drug-likeness (QED) is 0.363. The highest BCUT2D eigenvalue weighted by Gasteiger charge is 2.41. The van der Waals surface area contributed by atoms with Gasteiger partial charge in [-0.25, -0.2) is 4.79 Å². The lowest BCUT2D eigenvalue weighted by Crippen LogP contribution is -2.47. The highest BCUT2D eigenvalue weighted by atomic mass is 32.2. The number of carboxylic acid groups (broad SMARTS) is 1. The van der Waals surface area contributed by atoms with Crippen molar-refractivity contribution in [2.24, 2.45) is 5.92 Å². The van der Waals surface area contributed by atoms with Gasteiger partial charge in [-0.1, -0.05) is 57.2 Å². The number of carboxylic acids is 1. The lowest BCUT2D eigenvalue weighted by atomic mass is 10.0. The van der Waals surface area contributed by atoms with E-state index < -0.39 is 17.9 Å². The molecule has 1 amide bonds. The van der Waals surface area contributed by atoms with Gasteiger partial charge >= 0.3 is 5.97 Å². The average molecular weight is 424 g/mol. The molecule has 6 nitrogen and oxygen atoms in total. The Morgan fingerprint density at radius 3 is 2.64 bits per heavy atom. The van der Waals surface area contributed by atoms with Gasteiger partial charge in [0.25, 0.3) is 5.91 Å². The van der Waals surface area contributed by atoms with Crippen LogP contribution in [0.4, 0.5) is 0 Å². The lowest BCUT2D eigenvalue weighted by Gasteiger charge is -2.26. The molecule has 1 saturated heterocycles. The number of aliphatic carboxylic acids is 1. The molecule has 28 heavy (non-hydrogen) atoms. The average Bonchev–Trinajstić information content (AvgIpc) is 2.90. The van der Waals surface area contributed by atoms with Crippen LogP contribution in [0.5, 0.6) is 11.5 Å². The van der Waals surface area contributed by atoms with Crippen molar-refractivity contribution in [3.8, 4) is 11.5 Å². The maximum atomic E-state index is 12.8. The first-order chi connectivity index (χ1) is 13.3. The van der Waals surface area contributed by atoms with Gasteiger partial charge in [-0.15, -0.1) is 0 Å². The smallest absolute Gasteiger partial charge is 0.327 e. The van der Waals surface area contributed by atoms with Crippen molar-refractivity contribution in [1.82, 2.24) is 4.90 Å². The monoisotopic (exact) mass is 423 g/mol. The maximum Gasteiger partial charge on any atom is 0.327 e. The highest BCUT2D eigenvalue weighted by Crippen LogP contribution is 2.36. The molecule has 0 radical (unpaired) electrons.